The molecule has 1 aromatic carbocycles. The zero-order valence-corrected chi connectivity index (χ0v) is 16.3. The van der Waals surface area contributed by atoms with Crippen LogP contribution in [0.1, 0.15) is 43.4 Å². The lowest BCUT2D eigenvalue weighted by molar-refractivity contribution is 0.320. The van der Waals surface area contributed by atoms with E-state index in [1.807, 2.05) is 31.2 Å². The van der Waals surface area contributed by atoms with Gasteiger partial charge in [-0.1, -0.05) is 37.2 Å². The predicted molar refractivity (Wildman–Crippen MR) is 105 cm³/mol. The Hall–Kier alpha value is -2.50. The molecule has 2 N–H and O–H groups in total. The molecule has 142 valence electrons. The highest BCUT2D eigenvalue weighted by molar-refractivity contribution is 5.79. The molecule has 0 saturated heterocycles. The highest BCUT2D eigenvalue weighted by atomic mass is 16.5. The van der Waals surface area contributed by atoms with Crippen LogP contribution in [-0.4, -0.2) is 30.8 Å². The standard InChI is InChI=1S/C20H30N4O2/c1-5-17-16(18(6-2)26-24-17)14-23-20(21-7-3)22-12-13-25-19-11-9-8-10-15(19)4/h8-11H,5-7,12-14H2,1-4H3,(H2,21,22,23). The molecule has 0 aliphatic rings. The predicted octanol–water partition coefficient (Wildman–Crippen LogP) is 3.24. The first-order valence-electron chi connectivity index (χ1n) is 9.36. The minimum atomic E-state index is 0.559. The fourth-order valence-corrected chi connectivity index (χ4v) is 2.67. The molecule has 26 heavy (non-hydrogen) atoms. The molecule has 6 nitrogen and oxygen atoms in total. The lowest BCUT2D eigenvalue weighted by Crippen LogP contribution is -2.39. The first kappa shape index (κ1) is 19.8. The summed E-state index contributed by atoms with van der Waals surface area (Å²) in [5.74, 6) is 2.61. The number of aryl methyl sites for hydroxylation is 3. The fraction of sp³-hybridized carbons (Fsp3) is 0.500. The van der Waals surface area contributed by atoms with Gasteiger partial charge in [-0.2, -0.15) is 0 Å². The smallest absolute Gasteiger partial charge is 0.191 e. The van der Waals surface area contributed by atoms with E-state index in [0.717, 1.165) is 53.7 Å². The lowest BCUT2D eigenvalue weighted by atomic mass is 10.1. The molecular formula is C20H30N4O2. The molecule has 2 rings (SSSR count). The number of aromatic nitrogens is 1. The van der Waals surface area contributed by atoms with Crippen molar-refractivity contribution >= 4 is 5.96 Å². The second-order valence-electron chi connectivity index (χ2n) is 5.97. The van der Waals surface area contributed by atoms with Gasteiger partial charge in [0.25, 0.3) is 0 Å². The Balaban J connectivity index is 1.90. The largest absolute Gasteiger partial charge is 0.491 e. The molecule has 0 aliphatic heterocycles. The van der Waals surface area contributed by atoms with E-state index in [2.05, 4.69) is 41.6 Å². The number of aliphatic imine (C=N–C) groups is 1. The van der Waals surface area contributed by atoms with Gasteiger partial charge in [0, 0.05) is 18.5 Å². The summed E-state index contributed by atoms with van der Waals surface area (Å²) in [4.78, 5) is 4.67. The summed E-state index contributed by atoms with van der Waals surface area (Å²) in [6, 6.07) is 8.02. The van der Waals surface area contributed by atoms with E-state index in [1.165, 1.54) is 0 Å². The van der Waals surface area contributed by atoms with Crippen LogP contribution in [0.2, 0.25) is 0 Å². The van der Waals surface area contributed by atoms with Crippen LogP contribution in [0.5, 0.6) is 5.75 Å². The minimum absolute atomic E-state index is 0.559. The maximum absolute atomic E-state index is 5.82. The Labute approximate surface area is 156 Å². The summed E-state index contributed by atoms with van der Waals surface area (Å²) in [5, 5.41) is 10.7. The summed E-state index contributed by atoms with van der Waals surface area (Å²) < 4.78 is 11.2. The number of nitrogens with one attached hydrogen (secondary N) is 2. The van der Waals surface area contributed by atoms with Crippen molar-refractivity contribution in [3.8, 4) is 5.75 Å². The average Bonchev–Trinajstić information content (AvgIpc) is 3.06. The van der Waals surface area contributed by atoms with E-state index in [-0.39, 0.29) is 0 Å². The van der Waals surface area contributed by atoms with E-state index in [9.17, 15) is 0 Å². The number of guanidine groups is 1. The molecular weight excluding hydrogens is 328 g/mol. The average molecular weight is 358 g/mol. The number of benzene rings is 1. The molecule has 0 fully saturated rings. The van der Waals surface area contributed by atoms with Gasteiger partial charge in [0.15, 0.2) is 5.96 Å². The Morgan fingerprint density at radius 1 is 1.15 bits per heavy atom. The van der Waals surface area contributed by atoms with Crippen LogP contribution >= 0.6 is 0 Å². The van der Waals surface area contributed by atoms with E-state index in [4.69, 9.17) is 9.26 Å². The molecule has 1 heterocycles. The molecule has 0 unspecified atom stereocenters. The van der Waals surface area contributed by atoms with Gasteiger partial charge in [-0.3, -0.25) is 0 Å². The maximum atomic E-state index is 5.82. The summed E-state index contributed by atoms with van der Waals surface area (Å²) in [6.07, 6.45) is 1.68. The van der Waals surface area contributed by atoms with Gasteiger partial charge < -0.3 is 19.9 Å². The number of para-hydroxylation sites is 1. The van der Waals surface area contributed by atoms with Crippen molar-refractivity contribution in [1.29, 1.82) is 0 Å². The van der Waals surface area contributed by atoms with Gasteiger partial charge in [0.1, 0.15) is 18.1 Å². The molecule has 0 amide bonds. The Morgan fingerprint density at radius 3 is 2.65 bits per heavy atom. The highest BCUT2D eigenvalue weighted by Crippen LogP contribution is 2.17. The molecule has 0 radical (unpaired) electrons. The third-order valence-corrected chi connectivity index (χ3v) is 4.09. The molecule has 0 saturated carbocycles. The number of hydrogen-bond donors (Lipinski definition) is 2. The first-order chi connectivity index (χ1) is 12.7. The van der Waals surface area contributed by atoms with Crippen molar-refractivity contribution in [2.24, 2.45) is 4.99 Å². The molecule has 0 aliphatic carbocycles. The van der Waals surface area contributed by atoms with Gasteiger partial charge in [0.05, 0.1) is 18.8 Å². The lowest BCUT2D eigenvalue weighted by Gasteiger charge is -2.13. The summed E-state index contributed by atoms with van der Waals surface area (Å²) in [6.45, 7) is 10.9. The summed E-state index contributed by atoms with van der Waals surface area (Å²) in [7, 11) is 0. The van der Waals surface area contributed by atoms with Crippen molar-refractivity contribution in [3.05, 3.63) is 46.8 Å². The molecule has 0 bridgehead atoms. The zero-order chi connectivity index (χ0) is 18.8. The van der Waals surface area contributed by atoms with Crippen molar-refractivity contribution in [1.82, 2.24) is 15.8 Å². The normalized spacial score (nSPS) is 11.5. The van der Waals surface area contributed by atoms with Crippen LogP contribution in [0, 0.1) is 6.92 Å². The Kier molecular flexibility index (Phi) is 7.99. The molecule has 1 aromatic heterocycles. The maximum Gasteiger partial charge on any atom is 0.191 e. The van der Waals surface area contributed by atoms with Crippen LogP contribution < -0.4 is 15.4 Å². The third kappa shape index (κ3) is 5.51. The summed E-state index contributed by atoms with van der Waals surface area (Å²) >= 11 is 0. The van der Waals surface area contributed by atoms with Crippen LogP contribution in [-0.2, 0) is 19.4 Å². The van der Waals surface area contributed by atoms with E-state index < -0.39 is 0 Å². The first-order valence-corrected chi connectivity index (χ1v) is 9.36. The Bertz CT molecular complexity index is 688. The van der Waals surface area contributed by atoms with Gasteiger partial charge in [-0.25, -0.2) is 4.99 Å². The van der Waals surface area contributed by atoms with Gasteiger partial charge in [0.2, 0.25) is 0 Å². The number of ether oxygens (including phenoxy) is 1. The third-order valence-electron chi connectivity index (χ3n) is 4.09. The van der Waals surface area contributed by atoms with Crippen molar-refractivity contribution < 1.29 is 9.26 Å². The van der Waals surface area contributed by atoms with E-state index in [1.54, 1.807) is 0 Å². The number of rotatable bonds is 9. The van der Waals surface area contributed by atoms with Gasteiger partial charge >= 0.3 is 0 Å². The molecule has 0 atom stereocenters. The Morgan fingerprint density at radius 2 is 1.96 bits per heavy atom. The highest BCUT2D eigenvalue weighted by Gasteiger charge is 2.13. The topological polar surface area (TPSA) is 71.7 Å². The van der Waals surface area contributed by atoms with E-state index >= 15 is 0 Å². The van der Waals surface area contributed by atoms with Gasteiger partial charge in [-0.05, 0) is 31.9 Å². The molecule has 0 spiro atoms. The van der Waals surface area contributed by atoms with Crippen molar-refractivity contribution in [2.75, 3.05) is 19.7 Å². The van der Waals surface area contributed by atoms with Crippen LogP contribution in [0.4, 0.5) is 0 Å². The fourth-order valence-electron chi connectivity index (χ4n) is 2.67. The number of hydrogen-bond acceptors (Lipinski definition) is 4. The summed E-state index contributed by atoms with van der Waals surface area (Å²) in [5.41, 5.74) is 3.23. The van der Waals surface area contributed by atoms with E-state index in [0.29, 0.717) is 19.7 Å². The van der Waals surface area contributed by atoms with Crippen molar-refractivity contribution in [2.45, 2.75) is 47.1 Å². The van der Waals surface area contributed by atoms with Crippen LogP contribution in [0.15, 0.2) is 33.8 Å². The zero-order valence-electron chi connectivity index (χ0n) is 16.3. The minimum Gasteiger partial charge on any atom is -0.491 e. The van der Waals surface area contributed by atoms with Crippen LogP contribution in [0.25, 0.3) is 0 Å². The van der Waals surface area contributed by atoms with Crippen LogP contribution in [0.3, 0.4) is 0 Å². The quantitative estimate of drug-likeness (QED) is 0.409. The molecule has 6 heteroatoms. The van der Waals surface area contributed by atoms with Crippen molar-refractivity contribution in [3.63, 3.8) is 0 Å². The van der Waals surface area contributed by atoms with Gasteiger partial charge in [-0.15, -0.1) is 0 Å². The number of nitrogens with zero attached hydrogens (tertiary/aromatic N) is 2. The SMILES string of the molecule is CCNC(=NCc1c(CC)noc1CC)NCCOc1ccccc1C. The molecule has 2 aromatic rings. The monoisotopic (exact) mass is 358 g/mol. The second-order valence-corrected chi connectivity index (χ2v) is 5.97. The second kappa shape index (κ2) is 10.5.